The van der Waals surface area contributed by atoms with Crippen LogP contribution in [0.15, 0.2) is 0 Å². The highest BCUT2D eigenvalue weighted by atomic mass is 16.7. The van der Waals surface area contributed by atoms with Crippen LogP contribution < -0.4 is 5.32 Å². The van der Waals surface area contributed by atoms with Crippen molar-refractivity contribution in [2.24, 2.45) is 23.7 Å². The van der Waals surface area contributed by atoms with E-state index in [9.17, 15) is 19.5 Å². The van der Waals surface area contributed by atoms with Gasteiger partial charge in [-0.25, -0.2) is 4.79 Å². The lowest BCUT2D eigenvalue weighted by Gasteiger charge is -2.47. The monoisotopic (exact) mass is 641 g/mol. The molecule has 3 heterocycles. The number of hydrogen-bond donors (Lipinski definition) is 2. The van der Waals surface area contributed by atoms with E-state index in [-0.39, 0.29) is 36.3 Å². The van der Waals surface area contributed by atoms with Crippen molar-refractivity contribution in [3.05, 3.63) is 0 Å². The van der Waals surface area contributed by atoms with Crippen molar-refractivity contribution < 1.29 is 43.2 Å². The molecular weight excluding hydrogens is 582 g/mol. The molecule has 5 unspecified atom stereocenters. The number of carbonyl (C=O) groups is 3. The summed E-state index contributed by atoms with van der Waals surface area (Å²) in [6.45, 7) is 15.6. The normalized spacial score (nSPS) is 44.4. The number of ether oxygens (including phenoxy) is 5. The summed E-state index contributed by atoms with van der Waals surface area (Å²) in [5.74, 6) is -2.91. The number of rotatable bonds is 6. The lowest BCUT2D eigenvalue weighted by molar-refractivity contribution is -0.286. The van der Waals surface area contributed by atoms with E-state index in [1.165, 1.54) is 0 Å². The Morgan fingerprint density at radius 2 is 1.76 bits per heavy atom. The van der Waals surface area contributed by atoms with Crippen molar-refractivity contribution in [1.29, 1.82) is 0 Å². The molecule has 12 nitrogen and oxygen atoms in total. The summed E-state index contributed by atoms with van der Waals surface area (Å²) in [6.07, 6.45) is -1.68. The van der Waals surface area contributed by atoms with Crippen molar-refractivity contribution in [2.75, 3.05) is 41.4 Å². The van der Waals surface area contributed by atoms with Crippen molar-refractivity contribution in [3.63, 3.8) is 0 Å². The summed E-state index contributed by atoms with van der Waals surface area (Å²) in [5.41, 5.74) is -2.09. The SMILES string of the molecule is CC[C@H]1OC(=O)C(C)C(=O)[C@H](C)[C@@H](OC2OC(CO)CC(N(C)C)C2C)[C@](C)(OC)C[C@@H](C)CN(C)[C@H](C)[C@H]2NC(=O)O[C@@]21C. The summed E-state index contributed by atoms with van der Waals surface area (Å²) in [5, 5.41) is 13.0. The van der Waals surface area contributed by atoms with Crippen LogP contribution in [-0.2, 0) is 33.3 Å². The molecule has 0 spiro atoms. The van der Waals surface area contributed by atoms with E-state index in [4.69, 9.17) is 23.7 Å². The van der Waals surface area contributed by atoms with E-state index >= 15 is 0 Å². The summed E-state index contributed by atoms with van der Waals surface area (Å²) < 4.78 is 31.1. The fourth-order valence-corrected chi connectivity index (χ4v) is 7.84. The number of nitrogens with one attached hydrogen (secondary N) is 1. The number of nitrogens with zero attached hydrogens (tertiary/aromatic N) is 2. The third-order valence-electron chi connectivity index (χ3n) is 10.8. The number of methoxy groups -OCH3 is 1. The molecule has 3 rings (SSSR count). The van der Waals surface area contributed by atoms with Crippen molar-refractivity contribution >= 4 is 17.8 Å². The second kappa shape index (κ2) is 14.9. The molecule has 0 radical (unpaired) electrons. The van der Waals surface area contributed by atoms with E-state index < -0.39 is 65.7 Å². The molecule has 0 aromatic carbocycles. The lowest BCUT2D eigenvalue weighted by Crippen LogP contribution is -2.60. The van der Waals surface area contributed by atoms with Crippen LogP contribution in [0.5, 0.6) is 0 Å². The van der Waals surface area contributed by atoms with Gasteiger partial charge in [-0.1, -0.05) is 27.7 Å². The fraction of sp³-hybridized carbons (Fsp3) is 0.909. The number of carbonyl (C=O) groups excluding carboxylic acids is 3. The maximum atomic E-state index is 14.1. The molecule has 45 heavy (non-hydrogen) atoms. The van der Waals surface area contributed by atoms with Gasteiger partial charge in [-0.3, -0.25) is 9.59 Å². The van der Waals surface area contributed by atoms with Gasteiger partial charge >= 0.3 is 12.1 Å². The third kappa shape index (κ3) is 7.84. The first kappa shape index (κ1) is 37.6. The van der Waals surface area contributed by atoms with Gasteiger partial charge in [-0.05, 0) is 74.0 Å². The number of ketones is 1. The number of cyclic esters (lactones) is 1. The lowest BCUT2D eigenvalue weighted by atomic mass is 9.78. The highest BCUT2D eigenvalue weighted by Crippen LogP contribution is 2.39. The van der Waals surface area contributed by atoms with Crippen LogP contribution >= 0.6 is 0 Å². The maximum absolute atomic E-state index is 14.1. The smallest absolute Gasteiger partial charge is 0.408 e. The third-order valence-corrected chi connectivity index (χ3v) is 10.8. The summed E-state index contributed by atoms with van der Waals surface area (Å²) in [4.78, 5) is 44.6. The van der Waals surface area contributed by atoms with Gasteiger partial charge < -0.3 is 43.9 Å². The summed E-state index contributed by atoms with van der Waals surface area (Å²) in [6, 6.07) is -0.551. The second-order valence-electron chi connectivity index (χ2n) is 14.4. The minimum absolute atomic E-state index is 0.0738. The molecule has 3 saturated heterocycles. The minimum atomic E-state index is -1.14. The number of likely N-dealkylation sites (N-methyl/N-ethyl adjacent to an activating group) is 1. The first-order valence-corrected chi connectivity index (χ1v) is 16.5. The van der Waals surface area contributed by atoms with E-state index in [1.54, 1.807) is 27.9 Å². The van der Waals surface area contributed by atoms with Gasteiger partial charge in [0.1, 0.15) is 12.0 Å². The number of hydrogen-bond acceptors (Lipinski definition) is 11. The second-order valence-corrected chi connectivity index (χ2v) is 14.4. The van der Waals surface area contributed by atoms with Crippen LogP contribution in [0.1, 0.15) is 74.7 Å². The molecular formula is C33H59N3O9. The zero-order chi connectivity index (χ0) is 34.0. The first-order chi connectivity index (χ1) is 20.9. The van der Waals surface area contributed by atoms with Crippen molar-refractivity contribution in [2.45, 2.75) is 129 Å². The van der Waals surface area contributed by atoms with Gasteiger partial charge in [0.05, 0.1) is 30.5 Å². The number of amides is 1. The summed E-state index contributed by atoms with van der Waals surface area (Å²) in [7, 11) is 7.60. The van der Waals surface area contributed by atoms with Crippen LogP contribution in [0.4, 0.5) is 4.79 Å². The number of Topliss-reactive ketones (excluding diaryl/α,β-unsaturated/α-hetero) is 1. The number of fused-ring (bicyclic) bond motifs is 1. The largest absolute Gasteiger partial charge is 0.458 e. The Kier molecular flexibility index (Phi) is 12.5. The van der Waals surface area contributed by atoms with Crippen molar-refractivity contribution in [1.82, 2.24) is 15.1 Å². The molecule has 12 heteroatoms. The average Bonchev–Trinajstić information content (AvgIpc) is 3.30. The maximum Gasteiger partial charge on any atom is 0.408 e. The van der Waals surface area contributed by atoms with Crippen LogP contribution in [0.3, 0.4) is 0 Å². The molecule has 0 saturated carbocycles. The molecule has 3 fully saturated rings. The number of aliphatic hydroxyl groups is 1. The van der Waals surface area contributed by atoms with Gasteiger partial charge in [0, 0.05) is 37.6 Å². The molecule has 3 aliphatic rings. The number of esters is 1. The van der Waals surface area contributed by atoms with Gasteiger partial charge in [-0.15, -0.1) is 0 Å². The molecule has 2 N–H and O–H groups in total. The molecule has 3 aliphatic heterocycles. The van der Waals surface area contributed by atoms with Crippen LogP contribution in [0.25, 0.3) is 0 Å². The van der Waals surface area contributed by atoms with Gasteiger partial charge in [0.15, 0.2) is 17.7 Å². The van der Waals surface area contributed by atoms with Crippen molar-refractivity contribution in [3.8, 4) is 0 Å². The first-order valence-electron chi connectivity index (χ1n) is 16.5. The average molecular weight is 642 g/mol. The van der Waals surface area contributed by atoms with E-state index in [0.717, 1.165) is 0 Å². The number of alkyl carbamates (subject to hydrolysis) is 1. The van der Waals surface area contributed by atoms with E-state index in [0.29, 0.717) is 25.8 Å². The molecule has 0 aromatic heterocycles. The highest BCUT2D eigenvalue weighted by molar-refractivity contribution is 6.00. The Labute approximate surface area is 269 Å². The summed E-state index contributed by atoms with van der Waals surface area (Å²) >= 11 is 0. The van der Waals surface area contributed by atoms with Gasteiger partial charge in [-0.2, -0.15) is 0 Å². The Morgan fingerprint density at radius 3 is 2.31 bits per heavy atom. The van der Waals surface area contributed by atoms with Gasteiger partial charge in [0.25, 0.3) is 0 Å². The van der Waals surface area contributed by atoms with Crippen LogP contribution in [-0.4, -0.2) is 128 Å². The van der Waals surface area contributed by atoms with E-state index in [2.05, 4.69) is 22.0 Å². The predicted octanol–water partition coefficient (Wildman–Crippen LogP) is 2.84. The zero-order valence-electron chi connectivity index (χ0n) is 29.5. The molecule has 1 amide bonds. The molecule has 13 atom stereocenters. The fourth-order valence-electron chi connectivity index (χ4n) is 7.84. The minimum Gasteiger partial charge on any atom is -0.458 e. The van der Waals surface area contributed by atoms with Crippen LogP contribution in [0.2, 0.25) is 0 Å². The Bertz CT molecular complexity index is 1040. The standard InChI is InChI=1S/C33H59N3O9/c1-13-25-33(8)27(34-31(40)45-33)22(6)36(11)16-18(2)15-32(7,41-12)28(20(4)26(38)21(5)29(39)43-25)44-30-19(3)24(35(9)10)14-23(17-37)42-30/h18-25,27-28,30,37H,13-17H2,1-12H3,(H,34,40)/t18-,19?,20+,21?,22-,23?,24?,25-,27-,28-,30?,32-,33-/m1/s1. The quantitative estimate of drug-likeness (QED) is 0.327. The topological polar surface area (TPSA) is 136 Å². The molecule has 0 aliphatic carbocycles. The Balaban J connectivity index is 2.06. The molecule has 260 valence electrons. The molecule has 0 bridgehead atoms. The van der Waals surface area contributed by atoms with E-state index in [1.807, 2.05) is 48.8 Å². The van der Waals surface area contributed by atoms with Crippen LogP contribution in [0, 0.1) is 23.7 Å². The Morgan fingerprint density at radius 1 is 1.11 bits per heavy atom. The zero-order valence-corrected chi connectivity index (χ0v) is 29.5. The Hall–Kier alpha value is -1.83. The van der Waals surface area contributed by atoms with Gasteiger partial charge in [0.2, 0.25) is 0 Å². The predicted molar refractivity (Wildman–Crippen MR) is 168 cm³/mol. The molecule has 0 aromatic rings. The number of aliphatic hydroxyl groups excluding tert-OH is 1. The highest BCUT2D eigenvalue weighted by Gasteiger charge is 2.56.